The third-order valence-corrected chi connectivity index (χ3v) is 8.78. The fourth-order valence-corrected chi connectivity index (χ4v) is 6.02. The molecule has 248 valence electrons. The lowest BCUT2D eigenvalue weighted by molar-refractivity contribution is 0.593. The molecule has 0 saturated carbocycles. The molecule has 12 nitrogen and oxygen atoms in total. The molecule has 0 bridgehead atoms. The van der Waals surface area contributed by atoms with Crippen LogP contribution in [0.15, 0.2) is 121 Å². The maximum Gasteiger partial charge on any atom is 0.247 e. The molecule has 8 rings (SSSR count). The Morgan fingerprint density at radius 2 is 1.10 bits per heavy atom. The van der Waals surface area contributed by atoms with E-state index in [1.54, 1.807) is 71.9 Å². The molecule has 0 amide bonds. The molecule has 0 atom stereocenters. The molecule has 50 heavy (non-hydrogen) atoms. The van der Waals surface area contributed by atoms with Gasteiger partial charge in [-0.3, -0.25) is 18.8 Å². The third kappa shape index (κ3) is 6.53. The van der Waals surface area contributed by atoms with Crippen LogP contribution in [0.5, 0.6) is 0 Å². The molecule has 0 aliphatic heterocycles. The number of fused-ring (bicyclic) bond motifs is 2. The van der Waals surface area contributed by atoms with Crippen LogP contribution in [0.3, 0.4) is 0 Å². The average Bonchev–Trinajstić information content (AvgIpc) is 3.72. The molecule has 0 fully saturated rings. The van der Waals surface area contributed by atoms with Crippen molar-refractivity contribution in [3.8, 4) is 45.3 Å². The van der Waals surface area contributed by atoms with Crippen molar-refractivity contribution in [2.45, 2.75) is 10.3 Å². The minimum absolute atomic E-state index is 0.274. The first-order chi connectivity index (χ1) is 24.2. The third-order valence-electron chi connectivity index (χ3n) is 7.36. The summed E-state index contributed by atoms with van der Waals surface area (Å²) in [4.78, 5) is 34.2. The highest BCUT2D eigenvalue weighted by Gasteiger charge is 2.20. The molecule has 0 spiro atoms. The Kier molecular flexibility index (Phi) is 8.78. The first kappa shape index (κ1) is 32.5. The molecule has 16 heteroatoms. The van der Waals surface area contributed by atoms with Crippen molar-refractivity contribution in [1.29, 1.82) is 0 Å². The van der Waals surface area contributed by atoms with Gasteiger partial charge in [0.25, 0.3) is 0 Å². The van der Waals surface area contributed by atoms with Gasteiger partial charge in [0, 0.05) is 54.6 Å². The Labute approximate surface area is 288 Å². The van der Waals surface area contributed by atoms with Gasteiger partial charge in [-0.05, 0) is 66.9 Å². The Morgan fingerprint density at radius 3 is 1.58 bits per heavy atom. The van der Waals surface area contributed by atoms with Gasteiger partial charge in [-0.2, -0.15) is 0 Å². The van der Waals surface area contributed by atoms with E-state index in [-0.39, 0.29) is 16.8 Å². The summed E-state index contributed by atoms with van der Waals surface area (Å²) in [5.74, 6) is -0.639. The van der Waals surface area contributed by atoms with E-state index >= 15 is 0 Å². The van der Waals surface area contributed by atoms with Gasteiger partial charge in [0.05, 0.1) is 46.6 Å². The van der Waals surface area contributed by atoms with Crippen molar-refractivity contribution >= 4 is 32.9 Å². The van der Waals surface area contributed by atoms with Crippen LogP contribution >= 0.6 is 11.8 Å². The largest absolute Gasteiger partial charge is 0.295 e. The van der Waals surface area contributed by atoms with E-state index in [0.717, 1.165) is 28.9 Å². The van der Waals surface area contributed by atoms with Crippen molar-refractivity contribution in [3.63, 3.8) is 0 Å². The molecule has 0 aliphatic carbocycles. The van der Waals surface area contributed by atoms with Crippen LogP contribution in [0, 0.1) is 11.6 Å². The van der Waals surface area contributed by atoms with Gasteiger partial charge >= 0.3 is 0 Å². The van der Waals surface area contributed by atoms with Gasteiger partial charge in [0.2, 0.25) is 15.0 Å². The SMILES string of the molecule is CS(=O)(=O)c1nccc(-c2c(-c3ccc(F)cc3)nc3cnccn23)n1.CSc1nccc(-c2c(-c3ccc(F)cc3)nc3cnccn23)n1. The monoisotopic (exact) mass is 706 g/mol. The number of thioether (sulfide) groups is 1. The number of rotatable bonds is 6. The molecule has 6 heterocycles. The van der Waals surface area contributed by atoms with E-state index < -0.39 is 9.84 Å². The zero-order valence-electron chi connectivity index (χ0n) is 26.3. The standard InChI is InChI=1S/C17H12FN5O2S.C17H12FN5S/c1-26(24,25)17-20-7-6-13(21-17)16-15(11-2-4-12(18)5-3-11)22-14-10-19-8-9-23(14)16;1-24-17-20-7-6-13(21-17)16-15(11-2-4-12(18)5-3-11)22-14-10-19-8-9-23(14)16/h2-10H,1H3;2-10H,1H3. The molecular formula is C34H24F2N10O2S2. The molecule has 0 aliphatic rings. The topological polar surface area (TPSA) is 146 Å². The summed E-state index contributed by atoms with van der Waals surface area (Å²) in [6.45, 7) is 0. The second-order valence-electron chi connectivity index (χ2n) is 10.7. The van der Waals surface area contributed by atoms with Crippen molar-refractivity contribution in [3.05, 3.63) is 122 Å². The number of halogens is 2. The van der Waals surface area contributed by atoms with Crippen LogP contribution in [-0.4, -0.2) is 69.6 Å². The van der Waals surface area contributed by atoms with Crippen LogP contribution < -0.4 is 0 Å². The molecule has 0 saturated heterocycles. The Hall–Kier alpha value is -6.00. The smallest absolute Gasteiger partial charge is 0.247 e. The molecule has 0 N–H and O–H groups in total. The molecule has 8 aromatic rings. The normalized spacial score (nSPS) is 11.4. The van der Waals surface area contributed by atoms with Crippen molar-refractivity contribution in [1.82, 2.24) is 48.7 Å². The molecule has 6 aromatic heterocycles. The van der Waals surface area contributed by atoms with E-state index in [1.807, 2.05) is 22.9 Å². The number of sulfone groups is 1. The summed E-state index contributed by atoms with van der Waals surface area (Å²) in [5.41, 5.74) is 6.57. The summed E-state index contributed by atoms with van der Waals surface area (Å²) in [7, 11) is -3.57. The fourth-order valence-electron chi connectivity index (χ4n) is 5.14. The van der Waals surface area contributed by atoms with Crippen molar-refractivity contribution in [2.75, 3.05) is 12.5 Å². The number of hydrogen-bond acceptors (Lipinski definition) is 11. The molecule has 2 aromatic carbocycles. The van der Waals surface area contributed by atoms with Crippen LogP contribution in [0.4, 0.5) is 8.78 Å². The second kappa shape index (κ2) is 13.5. The fraction of sp³-hybridized carbons (Fsp3) is 0.0588. The predicted octanol–water partition coefficient (Wildman–Crippen LogP) is 6.11. The van der Waals surface area contributed by atoms with Gasteiger partial charge in [-0.1, -0.05) is 11.8 Å². The maximum atomic E-state index is 13.3. The first-order valence-electron chi connectivity index (χ1n) is 14.8. The number of imidazole rings is 2. The minimum Gasteiger partial charge on any atom is -0.295 e. The number of hydrogen-bond donors (Lipinski definition) is 0. The Morgan fingerprint density at radius 1 is 0.620 bits per heavy atom. The lowest BCUT2D eigenvalue weighted by atomic mass is 10.1. The molecular weight excluding hydrogens is 683 g/mol. The summed E-state index contributed by atoms with van der Waals surface area (Å²) in [6, 6.07) is 15.6. The zero-order valence-corrected chi connectivity index (χ0v) is 27.9. The molecule has 0 unspecified atom stereocenters. The summed E-state index contributed by atoms with van der Waals surface area (Å²) in [5, 5.41) is 0.408. The average molecular weight is 707 g/mol. The quantitative estimate of drug-likeness (QED) is 0.146. The zero-order chi connectivity index (χ0) is 34.8. The lowest BCUT2D eigenvalue weighted by Gasteiger charge is -2.06. The maximum absolute atomic E-state index is 13.3. The summed E-state index contributed by atoms with van der Waals surface area (Å²) < 4.78 is 53.9. The van der Waals surface area contributed by atoms with Crippen molar-refractivity contribution in [2.24, 2.45) is 0 Å². The Balaban J connectivity index is 0.000000157. The number of nitrogens with zero attached hydrogens (tertiary/aromatic N) is 10. The summed E-state index contributed by atoms with van der Waals surface area (Å²) in [6.07, 6.45) is 16.2. The number of aromatic nitrogens is 10. The predicted molar refractivity (Wildman–Crippen MR) is 184 cm³/mol. The van der Waals surface area contributed by atoms with Gasteiger partial charge < -0.3 is 0 Å². The van der Waals surface area contributed by atoms with Gasteiger partial charge in [-0.25, -0.2) is 47.1 Å². The Bertz CT molecular complexity index is 2600. The number of benzene rings is 2. The van der Waals surface area contributed by atoms with Crippen LogP contribution in [0.2, 0.25) is 0 Å². The van der Waals surface area contributed by atoms with E-state index in [0.29, 0.717) is 39.1 Å². The lowest BCUT2D eigenvalue weighted by Crippen LogP contribution is -2.05. The van der Waals surface area contributed by atoms with Gasteiger partial charge in [-0.15, -0.1) is 0 Å². The first-order valence-corrected chi connectivity index (χ1v) is 17.9. The highest BCUT2D eigenvalue weighted by molar-refractivity contribution is 7.98. The van der Waals surface area contributed by atoms with Crippen LogP contribution in [0.25, 0.3) is 56.6 Å². The molecule has 0 radical (unpaired) electrons. The van der Waals surface area contributed by atoms with E-state index in [4.69, 9.17) is 0 Å². The highest BCUT2D eigenvalue weighted by Crippen LogP contribution is 2.33. The van der Waals surface area contributed by atoms with E-state index in [9.17, 15) is 17.2 Å². The van der Waals surface area contributed by atoms with E-state index in [1.165, 1.54) is 42.2 Å². The van der Waals surface area contributed by atoms with E-state index in [2.05, 4.69) is 39.9 Å². The minimum atomic E-state index is -3.57. The second-order valence-corrected chi connectivity index (χ2v) is 13.3. The van der Waals surface area contributed by atoms with Gasteiger partial charge in [0.15, 0.2) is 16.5 Å². The van der Waals surface area contributed by atoms with Crippen LogP contribution in [0.1, 0.15) is 0 Å². The highest BCUT2D eigenvalue weighted by atomic mass is 32.2. The van der Waals surface area contributed by atoms with Gasteiger partial charge in [0.1, 0.15) is 11.6 Å². The van der Waals surface area contributed by atoms with Crippen LogP contribution in [-0.2, 0) is 9.84 Å². The summed E-state index contributed by atoms with van der Waals surface area (Å²) >= 11 is 1.48. The van der Waals surface area contributed by atoms with Crippen molar-refractivity contribution < 1.29 is 17.2 Å².